The zero-order chi connectivity index (χ0) is 22.4. The minimum atomic E-state index is -0.484. The monoisotopic (exact) mass is 488 g/mol. The number of aromatic amines is 1. The van der Waals surface area contributed by atoms with Crippen LogP contribution in [-0.2, 0) is 13.6 Å². The number of anilines is 1. The number of aryl methyl sites for hydroxylation is 2. The summed E-state index contributed by atoms with van der Waals surface area (Å²) >= 11 is 3.43. The van der Waals surface area contributed by atoms with Crippen LogP contribution in [0.15, 0.2) is 43.4 Å². The molecule has 0 unspecified atom stereocenters. The van der Waals surface area contributed by atoms with Crippen LogP contribution < -0.4 is 16.7 Å². The highest BCUT2D eigenvalue weighted by atomic mass is 79.9. The molecule has 0 radical (unpaired) electrons. The second-order valence-electron chi connectivity index (χ2n) is 7.66. The van der Waals surface area contributed by atoms with Crippen LogP contribution in [0, 0.1) is 0 Å². The van der Waals surface area contributed by atoms with E-state index in [9.17, 15) is 9.59 Å². The van der Waals surface area contributed by atoms with Crippen molar-refractivity contribution in [2.24, 2.45) is 12.1 Å². The van der Waals surface area contributed by atoms with Crippen LogP contribution in [0.1, 0.15) is 57.9 Å². The summed E-state index contributed by atoms with van der Waals surface area (Å²) in [6, 6.07) is 7.85. The number of rotatable bonds is 10. The third kappa shape index (κ3) is 5.52. The Labute approximate surface area is 189 Å². The molecule has 0 atom stereocenters. The average molecular weight is 489 g/mol. The number of nitrogens with zero attached hydrogens (tertiary/aromatic N) is 4. The number of hydrogen-bond acceptors (Lipinski definition) is 5. The lowest BCUT2D eigenvalue weighted by atomic mass is 10.1. The minimum Gasteiger partial charge on any atom is -0.303 e. The highest BCUT2D eigenvalue weighted by Crippen LogP contribution is 2.18. The molecule has 2 aromatic heterocycles. The van der Waals surface area contributed by atoms with Gasteiger partial charge in [0, 0.05) is 18.1 Å². The number of aromatic nitrogens is 4. The van der Waals surface area contributed by atoms with Crippen LogP contribution in [-0.4, -0.2) is 24.8 Å². The van der Waals surface area contributed by atoms with Gasteiger partial charge in [0.2, 0.25) is 5.95 Å². The Balaban J connectivity index is 1.89. The van der Waals surface area contributed by atoms with Crippen molar-refractivity contribution in [1.82, 2.24) is 19.1 Å². The van der Waals surface area contributed by atoms with Crippen molar-refractivity contribution in [2.45, 2.75) is 58.9 Å². The van der Waals surface area contributed by atoms with Gasteiger partial charge in [0.1, 0.15) is 0 Å². The lowest BCUT2D eigenvalue weighted by Gasteiger charge is -2.09. The molecular weight excluding hydrogens is 460 g/mol. The van der Waals surface area contributed by atoms with E-state index in [-0.39, 0.29) is 0 Å². The topological polar surface area (TPSA) is 97.1 Å². The third-order valence-corrected chi connectivity index (χ3v) is 5.86. The number of nitrogens with one attached hydrogen (secondary N) is 2. The molecule has 0 aliphatic rings. The molecule has 3 rings (SSSR count). The number of hydrazone groups is 1. The van der Waals surface area contributed by atoms with E-state index in [1.54, 1.807) is 7.05 Å². The van der Waals surface area contributed by atoms with Crippen LogP contribution in [0.3, 0.4) is 0 Å². The standard InChI is InChI=1S/C22H29BrN6O2/c1-4-5-6-7-8-9-14-29-18-19(28(3)22(31)25-20(18)30)24-21(29)27-26-15(2)16-10-12-17(23)13-11-16/h10-13H,4-9,14H2,1-3H3,(H,24,27)(H,25,30,31). The fraction of sp³-hybridized carbons (Fsp3) is 0.455. The summed E-state index contributed by atoms with van der Waals surface area (Å²) in [5.74, 6) is 0.451. The van der Waals surface area contributed by atoms with Crippen molar-refractivity contribution < 1.29 is 0 Å². The first-order chi connectivity index (χ1) is 14.9. The lowest BCUT2D eigenvalue weighted by molar-refractivity contribution is 0.565. The molecule has 1 aromatic carbocycles. The van der Waals surface area contributed by atoms with Gasteiger partial charge in [-0.1, -0.05) is 67.1 Å². The van der Waals surface area contributed by atoms with Crippen LogP contribution in [0.25, 0.3) is 11.2 Å². The number of hydrogen-bond donors (Lipinski definition) is 2. The van der Waals surface area contributed by atoms with Gasteiger partial charge in [-0.25, -0.2) is 10.2 Å². The maximum Gasteiger partial charge on any atom is 0.329 e. The van der Waals surface area contributed by atoms with Crippen LogP contribution >= 0.6 is 15.9 Å². The molecule has 0 aliphatic heterocycles. The summed E-state index contributed by atoms with van der Waals surface area (Å²) in [4.78, 5) is 31.5. The molecule has 0 saturated heterocycles. The van der Waals surface area contributed by atoms with Crippen molar-refractivity contribution in [3.05, 3.63) is 55.1 Å². The van der Waals surface area contributed by atoms with E-state index < -0.39 is 11.2 Å². The van der Waals surface area contributed by atoms with Crippen molar-refractivity contribution >= 4 is 38.8 Å². The molecule has 0 saturated carbocycles. The predicted octanol–water partition coefficient (Wildman–Crippen LogP) is 4.38. The van der Waals surface area contributed by atoms with Crippen molar-refractivity contribution in [3.63, 3.8) is 0 Å². The maximum absolute atomic E-state index is 12.6. The first-order valence-corrected chi connectivity index (χ1v) is 11.5. The summed E-state index contributed by atoms with van der Waals surface area (Å²) in [6.07, 6.45) is 6.83. The molecule has 0 fully saturated rings. The highest BCUT2D eigenvalue weighted by Gasteiger charge is 2.17. The Kier molecular flexibility index (Phi) is 7.84. The number of unbranched alkanes of at least 4 members (excludes halogenated alkanes) is 5. The maximum atomic E-state index is 12.6. The lowest BCUT2D eigenvalue weighted by Crippen LogP contribution is -2.29. The SMILES string of the molecule is CCCCCCCCn1c(NN=C(C)c2ccc(Br)cc2)nc2c1c(=O)[nH]c(=O)n2C. The van der Waals surface area contributed by atoms with Crippen LogP contribution in [0.4, 0.5) is 5.95 Å². The Bertz CT molecular complexity index is 1170. The molecule has 0 aliphatic carbocycles. The Morgan fingerprint density at radius 3 is 2.52 bits per heavy atom. The summed E-state index contributed by atoms with van der Waals surface area (Å²) in [7, 11) is 1.60. The molecule has 166 valence electrons. The smallest absolute Gasteiger partial charge is 0.303 e. The van der Waals surface area contributed by atoms with E-state index in [0.717, 1.165) is 28.6 Å². The predicted molar refractivity (Wildman–Crippen MR) is 129 cm³/mol. The molecule has 0 spiro atoms. The molecule has 0 amide bonds. The molecule has 31 heavy (non-hydrogen) atoms. The van der Waals surface area contributed by atoms with Gasteiger partial charge in [-0.2, -0.15) is 10.1 Å². The molecule has 3 aromatic rings. The summed E-state index contributed by atoms with van der Waals surface area (Å²) in [6.45, 7) is 4.72. The van der Waals surface area contributed by atoms with E-state index in [1.165, 1.54) is 30.3 Å². The van der Waals surface area contributed by atoms with Gasteiger partial charge >= 0.3 is 5.69 Å². The van der Waals surface area contributed by atoms with Gasteiger partial charge in [0.25, 0.3) is 5.56 Å². The molecule has 9 heteroatoms. The number of fused-ring (bicyclic) bond motifs is 1. The van der Waals surface area contributed by atoms with Crippen LogP contribution in [0.5, 0.6) is 0 Å². The van der Waals surface area contributed by atoms with Gasteiger partial charge in [-0.05, 0) is 31.0 Å². The van der Waals surface area contributed by atoms with Crippen molar-refractivity contribution in [3.8, 4) is 0 Å². The molecular formula is C22H29BrN6O2. The van der Waals surface area contributed by atoms with E-state index in [1.807, 2.05) is 35.8 Å². The van der Waals surface area contributed by atoms with Gasteiger partial charge in [-0.15, -0.1) is 0 Å². The number of benzene rings is 1. The molecule has 2 heterocycles. The second kappa shape index (κ2) is 10.6. The summed E-state index contributed by atoms with van der Waals surface area (Å²) in [5.41, 5.74) is 4.58. The van der Waals surface area contributed by atoms with E-state index in [4.69, 9.17) is 0 Å². The molecule has 0 bridgehead atoms. The molecule has 8 nitrogen and oxygen atoms in total. The molecule has 2 N–H and O–H groups in total. The first-order valence-electron chi connectivity index (χ1n) is 10.7. The van der Waals surface area contributed by atoms with Crippen LogP contribution in [0.2, 0.25) is 0 Å². The quantitative estimate of drug-likeness (QED) is 0.251. The Morgan fingerprint density at radius 2 is 1.81 bits per heavy atom. The minimum absolute atomic E-state index is 0.346. The van der Waals surface area contributed by atoms with Gasteiger partial charge in [0.05, 0.1) is 5.71 Å². The fourth-order valence-corrected chi connectivity index (χ4v) is 3.74. The Morgan fingerprint density at radius 1 is 1.13 bits per heavy atom. The normalized spacial score (nSPS) is 11.9. The Hall–Kier alpha value is -2.68. The third-order valence-electron chi connectivity index (χ3n) is 5.33. The fourth-order valence-electron chi connectivity index (χ4n) is 3.48. The van der Waals surface area contributed by atoms with Crippen molar-refractivity contribution in [2.75, 3.05) is 5.43 Å². The summed E-state index contributed by atoms with van der Waals surface area (Å²) in [5, 5.41) is 4.47. The second-order valence-corrected chi connectivity index (χ2v) is 8.58. The van der Waals surface area contributed by atoms with Crippen molar-refractivity contribution in [1.29, 1.82) is 0 Å². The van der Waals surface area contributed by atoms with E-state index >= 15 is 0 Å². The van der Waals surface area contributed by atoms with Gasteiger partial charge in [-0.3, -0.25) is 14.3 Å². The van der Waals surface area contributed by atoms with Gasteiger partial charge in [0.15, 0.2) is 11.2 Å². The van der Waals surface area contributed by atoms with E-state index in [0.29, 0.717) is 23.7 Å². The number of halogens is 1. The summed E-state index contributed by atoms with van der Waals surface area (Å²) < 4.78 is 4.18. The zero-order valence-electron chi connectivity index (χ0n) is 18.2. The van der Waals surface area contributed by atoms with Gasteiger partial charge < -0.3 is 4.57 Å². The largest absolute Gasteiger partial charge is 0.329 e. The zero-order valence-corrected chi connectivity index (χ0v) is 19.8. The highest BCUT2D eigenvalue weighted by molar-refractivity contribution is 9.10. The van der Waals surface area contributed by atoms with E-state index in [2.05, 4.69) is 43.3 Å². The first kappa shape index (κ1) is 23.0. The number of imidazole rings is 1. The average Bonchev–Trinajstić information content (AvgIpc) is 3.12. The number of H-pyrrole nitrogens is 1.